The topological polar surface area (TPSA) is 185 Å². The van der Waals surface area contributed by atoms with Gasteiger partial charge in [-0.05, 0) is 59.2 Å². The Labute approximate surface area is 284 Å². The van der Waals surface area contributed by atoms with E-state index in [1.54, 1.807) is 72.8 Å². The van der Waals surface area contributed by atoms with Gasteiger partial charge in [-0.1, -0.05) is 54.6 Å². The van der Waals surface area contributed by atoms with Crippen molar-refractivity contribution in [2.45, 2.75) is 24.8 Å². The van der Waals surface area contributed by atoms with Crippen molar-refractivity contribution < 1.29 is 30.0 Å². The molecule has 3 heterocycles. The lowest BCUT2D eigenvalue weighted by molar-refractivity contribution is -0.155. The van der Waals surface area contributed by atoms with Crippen LogP contribution in [-0.2, 0) is 23.5 Å². The first-order valence-corrected chi connectivity index (χ1v) is 16.1. The minimum Gasteiger partial charge on any atom is -0.506 e. The number of carboxylic acids is 1. The fourth-order valence-electron chi connectivity index (χ4n) is 5.55. The lowest BCUT2D eigenvalue weighted by atomic mass is 9.85. The first-order valence-electron chi connectivity index (χ1n) is 15.3. The third-order valence-corrected chi connectivity index (χ3v) is 9.28. The number of thiophene rings is 1. The lowest BCUT2D eigenvalue weighted by Gasteiger charge is -2.25. The van der Waals surface area contributed by atoms with E-state index in [4.69, 9.17) is 0 Å². The summed E-state index contributed by atoms with van der Waals surface area (Å²) in [5.74, 6) is -1.75. The second-order valence-electron chi connectivity index (χ2n) is 11.4. The molecule has 0 aliphatic rings. The Morgan fingerprint density at radius 3 is 2.45 bits per heavy atom. The molecule has 0 saturated heterocycles. The zero-order valence-corrected chi connectivity index (χ0v) is 26.8. The number of aliphatic hydroxyl groups is 2. The second kappa shape index (κ2) is 14.2. The van der Waals surface area contributed by atoms with Crippen LogP contribution in [0.15, 0.2) is 114 Å². The average Bonchev–Trinajstić information content (AvgIpc) is 3.60. The van der Waals surface area contributed by atoms with Crippen LogP contribution < -0.4 is 16.2 Å². The number of amides is 1. The van der Waals surface area contributed by atoms with Gasteiger partial charge in [0.25, 0.3) is 5.91 Å². The number of aromatic amines is 1. The maximum Gasteiger partial charge on any atom is 0.345 e. The molecule has 7 N–H and O–H groups in total. The zero-order valence-electron chi connectivity index (χ0n) is 26.0. The zero-order chi connectivity index (χ0) is 34.5. The summed E-state index contributed by atoms with van der Waals surface area (Å²) in [6, 6.07) is 28.1. The van der Waals surface area contributed by atoms with Crippen LogP contribution in [0.2, 0.25) is 0 Å². The normalized spacial score (nSPS) is 13.1. The molecule has 0 aliphatic carbocycles. The van der Waals surface area contributed by atoms with Gasteiger partial charge in [0.15, 0.2) is 0 Å². The van der Waals surface area contributed by atoms with Gasteiger partial charge < -0.3 is 36.0 Å². The van der Waals surface area contributed by atoms with Crippen molar-refractivity contribution in [1.82, 2.24) is 20.6 Å². The van der Waals surface area contributed by atoms with Crippen molar-refractivity contribution in [3.8, 4) is 16.2 Å². The predicted molar refractivity (Wildman–Crippen MR) is 185 cm³/mol. The number of H-pyrrole nitrogens is 1. The number of aromatic nitrogens is 2. The van der Waals surface area contributed by atoms with Gasteiger partial charge in [-0.2, -0.15) is 0 Å². The van der Waals surface area contributed by atoms with Crippen LogP contribution in [0.4, 0.5) is 0 Å². The quantitative estimate of drug-likeness (QED) is 0.0985. The molecule has 1 amide bonds. The van der Waals surface area contributed by atoms with Crippen molar-refractivity contribution in [2.24, 2.45) is 0 Å². The average molecular weight is 677 g/mol. The molecule has 0 radical (unpaired) electrons. The molecule has 6 rings (SSSR count). The number of carboxylic acid groups (broad SMARTS) is 1. The van der Waals surface area contributed by atoms with Crippen LogP contribution >= 0.6 is 11.3 Å². The van der Waals surface area contributed by atoms with Crippen LogP contribution in [0.3, 0.4) is 0 Å². The third kappa shape index (κ3) is 7.12. The molecule has 11 nitrogen and oxygen atoms in total. The first-order chi connectivity index (χ1) is 23.6. The van der Waals surface area contributed by atoms with Gasteiger partial charge in [-0.3, -0.25) is 14.6 Å². The maximum absolute atomic E-state index is 12.9. The SMILES string of the molecule is O=C(NCc1ccc(-c2cccc([C@](O)(C(=O)O)c3ccccc3)c2)s1)c1ccc(CNC[C@H](O)c2ccc(O)c3[nH]c(=O)ccc23)nc1. The molecule has 0 saturated carbocycles. The number of nitrogens with one attached hydrogen (secondary N) is 3. The summed E-state index contributed by atoms with van der Waals surface area (Å²) in [7, 11) is 0. The largest absolute Gasteiger partial charge is 0.506 e. The summed E-state index contributed by atoms with van der Waals surface area (Å²) in [6.07, 6.45) is 0.567. The number of carbonyl (C=O) groups excluding carboxylic acids is 1. The van der Waals surface area contributed by atoms with Crippen LogP contribution in [-0.4, -0.2) is 48.8 Å². The number of pyridine rings is 2. The molecule has 3 aromatic carbocycles. The molecular formula is C37H32N4O7S. The van der Waals surface area contributed by atoms with Gasteiger partial charge in [0.1, 0.15) is 5.75 Å². The number of phenolic OH excluding ortho intramolecular Hbond substituents is 1. The van der Waals surface area contributed by atoms with Crippen LogP contribution in [0.1, 0.15) is 43.7 Å². The minimum absolute atomic E-state index is 0.0795. The van der Waals surface area contributed by atoms with Gasteiger partial charge >= 0.3 is 5.97 Å². The molecule has 0 aliphatic heterocycles. The molecule has 248 valence electrons. The van der Waals surface area contributed by atoms with E-state index in [9.17, 15) is 34.8 Å². The van der Waals surface area contributed by atoms with Crippen LogP contribution in [0.5, 0.6) is 5.75 Å². The molecule has 0 unspecified atom stereocenters. The van der Waals surface area contributed by atoms with E-state index in [1.807, 2.05) is 18.2 Å². The summed E-state index contributed by atoms with van der Waals surface area (Å²) in [4.78, 5) is 45.4. The van der Waals surface area contributed by atoms with Gasteiger partial charge in [0.2, 0.25) is 11.2 Å². The number of nitrogens with zero attached hydrogens (tertiary/aromatic N) is 1. The van der Waals surface area contributed by atoms with E-state index < -0.39 is 17.7 Å². The number of aromatic hydroxyl groups is 1. The molecule has 2 atom stereocenters. The van der Waals surface area contributed by atoms with E-state index in [0.717, 1.165) is 15.3 Å². The van der Waals surface area contributed by atoms with Gasteiger partial charge in [0.05, 0.1) is 29.4 Å². The van der Waals surface area contributed by atoms with Crippen molar-refractivity contribution >= 4 is 34.1 Å². The standard InChI is InChI=1S/C37H32N4O7S/c42-30-14-12-28(29-13-16-33(44)41-34(29)30)31(43)21-38-19-26-10-9-23(18-39-26)35(45)40-20-27-11-15-32(49-27)22-5-4-8-25(17-22)37(48,36(46)47)24-6-2-1-3-7-24/h1-18,31,38,42-43,48H,19-21H2,(H,40,45)(H,41,44)(H,46,47)/t31-,37-/m0/s1. The Hall–Kier alpha value is -5.66. The Kier molecular flexibility index (Phi) is 9.65. The number of aliphatic carboxylic acids is 1. The summed E-state index contributed by atoms with van der Waals surface area (Å²) >= 11 is 1.44. The smallest absolute Gasteiger partial charge is 0.345 e. The van der Waals surface area contributed by atoms with Gasteiger partial charge in [-0.15, -0.1) is 11.3 Å². The number of aliphatic hydroxyl groups excluding tert-OH is 1. The van der Waals surface area contributed by atoms with Crippen LogP contribution in [0, 0.1) is 0 Å². The number of fused-ring (bicyclic) bond motifs is 1. The number of hydrogen-bond donors (Lipinski definition) is 7. The highest BCUT2D eigenvalue weighted by atomic mass is 32.1. The number of rotatable bonds is 12. The third-order valence-electron chi connectivity index (χ3n) is 8.15. The predicted octanol–water partition coefficient (Wildman–Crippen LogP) is 4.43. The summed E-state index contributed by atoms with van der Waals surface area (Å²) in [5.41, 5.74) is 0.528. The van der Waals surface area contributed by atoms with Crippen LogP contribution in [0.25, 0.3) is 21.3 Å². The molecule has 12 heteroatoms. The molecule has 6 aromatic rings. The van der Waals surface area contributed by atoms with Crippen molar-refractivity contribution in [3.05, 3.63) is 153 Å². The monoisotopic (exact) mass is 676 g/mol. The van der Waals surface area contributed by atoms with Crippen molar-refractivity contribution in [1.29, 1.82) is 0 Å². The van der Waals surface area contributed by atoms with Gasteiger partial charge in [0, 0.05) is 46.1 Å². The fourth-order valence-corrected chi connectivity index (χ4v) is 6.49. The Bertz CT molecular complexity index is 2180. The van der Waals surface area contributed by atoms with E-state index in [0.29, 0.717) is 28.8 Å². The minimum atomic E-state index is -2.21. The number of hydrogen-bond acceptors (Lipinski definition) is 9. The van der Waals surface area contributed by atoms with E-state index in [2.05, 4.69) is 20.6 Å². The summed E-state index contributed by atoms with van der Waals surface area (Å²) < 4.78 is 0. The first kappa shape index (κ1) is 33.2. The molecule has 3 aromatic heterocycles. The highest BCUT2D eigenvalue weighted by molar-refractivity contribution is 7.15. The van der Waals surface area contributed by atoms with Crippen molar-refractivity contribution in [3.63, 3.8) is 0 Å². The summed E-state index contributed by atoms with van der Waals surface area (Å²) in [5, 5.41) is 48.6. The highest BCUT2D eigenvalue weighted by Crippen LogP contribution is 2.35. The summed E-state index contributed by atoms with van der Waals surface area (Å²) in [6.45, 7) is 0.789. The molecule has 0 spiro atoms. The molecule has 49 heavy (non-hydrogen) atoms. The van der Waals surface area contributed by atoms with E-state index >= 15 is 0 Å². The highest BCUT2D eigenvalue weighted by Gasteiger charge is 2.40. The number of benzene rings is 3. The van der Waals surface area contributed by atoms with E-state index in [1.165, 1.54) is 29.7 Å². The van der Waals surface area contributed by atoms with Crippen molar-refractivity contribution in [2.75, 3.05) is 6.54 Å². The molecule has 0 fully saturated rings. The second-order valence-corrected chi connectivity index (χ2v) is 12.5. The Balaban J connectivity index is 1.03. The lowest BCUT2D eigenvalue weighted by Crippen LogP contribution is -2.36. The maximum atomic E-state index is 12.9. The fraction of sp³-hybridized carbons (Fsp3) is 0.135. The van der Waals surface area contributed by atoms with Gasteiger partial charge in [-0.25, -0.2) is 4.79 Å². The number of phenols is 1. The van der Waals surface area contributed by atoms with E-state index in [-0.39, 0.29) is 46.9 Å². The Morgan fingerprint density at radius 2 is 1.69 bits per heavy atom. The number of carbonyl (C=O) groups is 2. The molecular weight excluding hydrogens is 644 g/mol. The molecule has 0 bridgehead atoms. The Morgan fingerprint density at radius 1 is 0.898 bits per heavy atom.